The maximum Gasteiger partial charge on any atom is 0.192 e. The van der Waals surface area contributed by atoms with Crippen LogP contribution >= 0.6 is 0 Å². The van der Waals surface area contributed by atoms with Gasteiger partial charge >= 0.3 is 0 Å². The first kappa shape index (κ1) is 20.1. The molecule has 0 spiro atoms. The molecule has 0 fully saturated rings. The number of aliphatic hydroxyl groups is 1. The van der Waals surface area contributed by atoms with Crippen LogP contribution in [0.3, 0.4) is 0 Å². The number of rotatable bonds is 11. The second-order valence-corrected chi connectivity index (χ2v) is 10.7. The van der Waals surface area contributed by atoms with Crippen molar-refractivity contribution in [1.29, 1.82) is 0 Å². The molecule has 0 amide bonds. The van der Waals surface area contributed by atoms with Gasteiger partial charge in [0, 0.05) is 0 Å². The van der Waals surface area contributed by atoms with Gasteiger partial charge in [-0.1, -0.05) is 63.3 Å². The second-order valence-electron chi connectivity index (χ2n) is 6.03. The van der Waals surface area contributed by atoms with Crippen LogP contribution in [-0.4, -0.2) is 32.2 Å². The van der Waals surface area contributed by atoms with E-state index >= 15 is 0 Å². The largest absolute Gasteiger partial charge is 0.408 e. The van der Waals surface area contributed by atoms with Crippen molar-refractivity contribution in [3.05, 3.63) is 48.0 Å². The lowest BCUT2D eigenvalue weighted by molar-refractivity contribution is 0.0557. The zero-order valence-electron chi connectivity index (χ0n) is 15.0. The molecule has 1 N–H and O–H groups in total. The van der Waals surface area contributed by atoms with Crippen molar-refractivity contribution in [2.45, 2.75) is 64.6 Å². The van der Waals surface area contributed by atoms with Crippen molar-refractivity contribution in [1.82, 2.24) is 0 Å². The molecule has 0 aromatic heterocycles. The maximum atomic E-state index is 9.50. The predicted octanol–water partition coefficient (Wildman–Crippen LogP) is 4.53. The Balaban J connectivity index is 2.64. The quantitative estimate of drug-likeness (QED) is 0.476. The van der Waals surface area contributed by atoms with Crippen LogP contribution in [0, 0.1) is 0 Å². The Hall–Kier alpha value is -0.943. The molecule has 0 unspecified atom stereocenters. The van der Waals surface area contributed by atoms with Crippen molar-refractivity contribution in [3.63, 3.8) is 0 Å². The summed E-state index contributed by atoms with van der Waals surface area (Å²) < 4.78 is 12.3. The summed E-state index contributed by atoms with van der Waals surface area (Å²) in [6.45, 7) is 9.52. The molecule has 2 atom stereocenters. The summed E-state index contributed by atoms with van der Waals surface area (Å²) in [4.78, 5) is 0. The lowest BCUT2D eigenvalue weighted by Crippen LogP contribution is -2.40. The Kier molecular flexibility index (Phi) is 9.40. The smallest absolute Gasteiger partial charge is 0.192 e. The van der Waals surface area contributed by atoms with E-state index in [1.165, 1.54) is 0 Å². The average molecular weight is 337 g/mol. The zero-order valence-corrected chi connectivity index (χ0v) is 16.0. The molecule has 0 radical (unpaired) electrons. The summed E-state index contributed by atoms with van der Waals surface area (Å²) in [7, 11) is -1.69. The van der Waals surface area contributed by atoms with Crippen molar-refractivity contribution < 1.29 is 14.3 Å². The van der Waals surface area contributed by atoms with Crippen LogP contribution in [0.25, 0.3) is 0 Å². The van der Waals surface area contributed by atoms with E-state index in [-0.39, 0.29) is 6.10 Å². The highest BCUT2D eigenvalue weighted by Crippen LogP contribution is 2.24. The molecule has 4 heteroatoms. The molecular formula is C19H32O3Si. The first-order valence-electron chi connectivity index (χ1n) is 8.71. The van der Waals surface area contributed by atoms with E-state index in [0.29, 0.717) is 13.2 Å². The van der Waals surface area contributed by atoms with Crippen LogP contribution < -0.4 is 0 Å². The van der Waals surface area contributed by atoms with E-state index in [2.05, 4.69) is 32.9 Å². The van der Waals surface area contributed by atoms with Crippen LogP contribution in [0.1, 0.15) is 33.3 Å². The predicted molar refractivity (Wildman–Crippen MR) is 99.0 cm³/mol. The number of ether oxygens (including phenoxy) is 1. The molecule has 0 saturated heterocycles. The van der Waals surface area contributed by atoms with Crippen molar-refractivity contribution in [3.8, 4) is 0 Å². The fourth-order valence-corrected chi connectivity index (χ4v) is 5.39. The highest BCUT2D eigenvalue weighted by atomic mass is 28.4. The fourth-order valence-electron chi connectivity index (χ4n) is 2.60. The standard InChI is InChI=1S/C19H32O3Si/c1-5-23(6-2,7-3)22-19(14-13-17(4)20)16-21-15-18-11-9-8-10-12-18/h8-14,17,19-20H,5-7,15-16H2,1-4H3/b14-13+/t17-,19-/m1/s1. The third kappa shape index (κ3) is 7.44. The van der Waals surface area contributed by atoms with Gasteiger partial charge in [0.05, 0.1) is 25.4 Å². The highest BCUT2D eigenvalue weighted by molar-refractivity contribution is 6.73. The van der Waals surface area contributed by atoms with Gasteiger partial charge in [0.2, 0.25) is 0 Å². The Bertz CT molecular complexity index is 433. The summed E-state index contributed by atoms with van der Waals surface area (Å²) in [5.74, 6) is 0. The minimum atomic E-state index is -1.69. The molecule has 130 valence electrons. The molecule has 0 aliphatic carbocycles. The molecule has 1 aromatic carbocycles. The Morgan fingerprint density at radius 2 is 1.65 bits per heavy atom. The van der Waals surface area contributed by atoms with E-state index in [4.69, 9.17) is 9.16 Å². The summed E-state index contributed by atoms with van der Waals surface area (Å²) in [6.07, 6.45) is 3.20. The van der Waals surface area contributed by atoms with Gasteiger partial charge in [-0.25, -0.2) is 0 Å². The van der Waals surface area contributed by atoms with Crippen LogP contribution in [0.2, 0.25) is 18.1 Å². The summed E-state index contributed by atoms with van der Waals surface area (Å²) >= 11 is 0. The van der Waals surface area contributed by atoms with Crippen molar-refractivity contribution >= 4 is 8.32 Å². The molecule has 1 rings (SSSR count). The number of hydrogen-bond acceptors (Lipinski definition) is 3. The lowest BCUT2D eigenvalue weighted by atomic mass is 10.2. The fraction of sp³-hybridized carbons (Fsp3) is 0.579. The molecule has 0 saturated carbocycles. The molecule has 0 bridgehead atoms. The van der Waals surface area contributed by atoms with Gasteiger partial charge in [-0.2, -0.15) is 0 Å². The molecule has 3 nitrogen and oxygen atoms in total. The topological polar surface area (TPSA) is 38.7 Å². The first-order valence-corrected chi connectivity index (χ1v) is 11.2. The third-order valence-corrected chi connectivity index (χ3v) is 9.00. The van der Waals surface area contributed by atoms with Gasteiger partial charge in [0.1, 0.15) is 0 Å². The normalized spacial score (nSPS) is 15.0. The molecule has 0 aliphatic rings. The molecule has 0 heterocycles. The summed E-state index contributed by atoms with van der Waals surface area (Å²) in [6, 6.07) is 13.5. The third-order valence-electron chi connectivity index (χ3n) is 4.33. The van der Waals surface area contributed by atoms with E-state index < -0.39 is 14.4 Å². The number of aliphatic hydroxyl groups excluding tert-OH is 1. The van der Waals surface area contributed by atoms with Gasteiger partial charge < -0.3 is 14.3 Å². The van der Waals surface area contributed by atoms with Crippen molar-refractivity contribution in [2.75, 3.05) is 6.61 Å². The van der Waals surface area contributed by atoms with Crippen molar-refractivity contribution in [2.24, 2.45) is 0 Å². The SMILES string of the molecule is CC[Si](CC)(CC)O[C@H](/C=C/[C@@H](C)O)COCc1ccccc1. The molecular weight excluding hydrogens is 304 g/mol. The van der Waals surface area contributed by atoms with E-state index in [0.717, 1.165) is 23.7 Å². The summed E-state index contributed by atoms with van der Waals surface area (Å²) in [5.41, 5.74) is 1.16. The van der Waals surface area contributed by atoms with Gasteiger partial charge in [-0.15, -0.1) is 0 Å². The van der Waals surface area contributed by atoms with Gasteiger partial charge in [-0.05, 0) is 30.6 Å². The average Bonchev–Trinajstić information content (AvgIpc) is 2.58. The zero-order chi connectivity index (χ0) is 17.1. The number of hydrogen-bond donors (Lipinski definition) is 1. The Labute approximate surface area is 142 Å². The van der Waals surface area contributed by atoms with Gasteiger partial charge in [0.25, 0.3) is 0 Å². The minimum Gasteiger partial charge on any atom is -0.408 e. The van der Waals surface area contributed by atoms with Crippen LogP contribution in [0.5, 0.6) is 0 Å². The Morgan fingerprint density at radius 1 is 1.04 bits per heavy atom. The first-order chi connectivity index (χ1) is 11.0. The van der Waals surface area contributed by atoms with Crippen LogP contribution in [-0.2, 0) is 15.8 Å². The summed E-state index contributed by atoms with van der Waals surface area (Å²) in [5, 5.41) is 9.50. The van der Waals surface area contributed by atoms with Crippen LogP contribution in [0.15, 0.2) is 42.5 Å². The molecule has 0 aliphatic heterocycles. The van der Waals surface area contributed by atoms with Gasteiger partial charge in [0.15, 0.2) is 8.32 Å². The monoisotopic (exact) mass is 336 g/mol. The Morgan fingerprint density at radius 3 is 2.17 bits per heavy atom. The lowest BCUT2D eigenvalue weighted by Gasteiger charge is -2.32. The van der Waals surface area contributed by atoms with Crippen LogP contribution in [0.4, 0.5) is 0 Å². The number of benzene rings is 1. The molecule has 23 heavy (non-hydrogen) atoms. The minimum absolute atomic E-state index is 0.0835. The highest BCUT2D eigenvalue weighted by Gasteiger charge is 2.31. The van der Waals surface area contributed by atoms with Gasteiger partial charge in [-0.3, -0.25) is 0 Å². The van der Waals surface area contributed by atoms with E-state index in [1.807, 2.05) is 24.3 Å². The van der Waals surface area contributed by atoms with E-state index in [9.17, 15) is 5.11 Å². The second kappa shape index (κ2) is 10.8. The maximum absolute atomic E-state index is 9.50. The van der Waals surface area contributed by atoms with E-state index in [1.54, 1.807) is 13.0 Å². The molecule has 1 aromatic rings.